The molecule has 112 valence electrons. The van der Waals surface area contributed by atoms with E-state index in [1.165, 1.54) is 14.0 Å². The molecule has 0 saturated heterocycles. The Hall–Kier alpha value is -1.60. The number of rotatable bonds is 6. The van der Waals surface area contributed by atoms with Crippen LogP contribution >= 0.6 is 0 Å². The number of ether oxygens (including phenoxy) is 1. The van der Waals surface area contributed by atoms with Crippen molar-refractivity contribution in [3.63, 3.8) is 0 Å². The summed E-state index contributed by atoms with van der Waals surface area (Å²) in [5.74, 6) is 0.135. The van der Waals surface area contributed by atoms with Crippen LogP contribution in [-0.2, 0) is 14.8 Å². The maximum atomic E-state index is 12.3. The highest BCUT2D eigenvalue weighted by Crippen LogP contribution is 2.28. The minimum Gasteiger partial charge on any atom is -0.495 e. The van der Waals surface area contributed by atoms with Crippen LogP contribution in [0.4, 0.5) is 0 Å². The van der Waals surface area contributed by atoms with E-state index in [0.717, 1.165) is 11.1 Å². The van der Waals surface area contributed by atoms with Gasteiger partial charge in [-0.2, -0.15) is 0 Å². The predicted molar refractivity (Wildman–Crippen MR) is 76.3 cm³/mol. The first kappa shape index (κ1) is 16.5. The Morgan fingerprint density at radius 3 is 2.45 bits per heavy atom. The Morgan fingerprint density at radius 1 is 1.25 bits per heavy atom. The van der Waals surface area contributed by atoms with Gasteiger partial charge in [0, 0.05) is 20.0 Å². The third-order valence-electron chi connectivity index (χ3n) is 2.67. The molecule has 0 unspecified atom stereocenters. The van der Waals surface area contributed by atoms with Crippen LogP contribution in [0.2, 0.25) is 0 Å². The molecular formula is C13H20N2O4S. The van der Waals surface area contributed by atoms with Crippen LogP contribution in [0.25, 0.3) is 0 Å². The Bertz CT molecular complexity index is 597. The summed E-state index contributed by atoms with van der Waals surface area (Å²) in [7, 11) is -2.23. The Morgan fingerprint density at radius 2 is 1.90 bits per heavy atom. The number of carbonyl (C=O) groups is 1. The molecule has 0 atom stereocenters. The normalized spacial score (nSPS) is 11.2. The smallest absolute Gasteiger partial charge is 0.244 e. The Kier molecular flexibility index (Phi) is 5.52. The molecule has 0 radical (unpaired) electrons. The molecule has 1 aromatic carbocycles. The van der Waals surface area contributed by atoms with E-state index >= 15 is 0 Å². The first-order chi connectivity index (χ1) is 9.27. The second-order valence-corrected chi connectivity index (χ2v) is 6.23. The van der Waals surface area contributed by atoms with Crippen LogP contribution in [0.1, 0.15) is 18.1 Å². The van der Waals surface area contributed by atoms with Gasteiger partial charge >= 0.3 is 0 Å². The number of hydrogen-bond donors (Lipinski definition) is 2. The molecule has 1 aromatic rings. The number of sulfonamides is 1. The van der Waals surface area contributed by atoms with E-state index in [0.29, 0.717) is 5.75 Å². The van der Waals surface area contributed by atoms with Crippen LogP contribution in [0.5, 0.6) is 5.75 Å². The molecule has 1 rings (SSSR count). The summed E-state index contributed by atoms with van der Waals surface area (Å²) in [6, 6.07) is 3.42. The summed E-state index contributed by atoms with van der Waals surface area (Å²) in [6.45, 7) is 5.35. The first-order valence-corrected chi connectivity index (χ1v) is 7.65. The van der Waals surface area contributed by atoms with Crippen LogP contribution < -0.4 is 14.8 Å². The fourth-order valence-corrected chi connectivity index (χ4v) is 3.23. The number of hydrogen-bond acceptors (Lipinski definition) is 4. The quantitative estimate of drug-likeness (QED) is 0.758. The minimum absolute atomic E-state index is 0.111. The van der Waals surface area contributed by atoms with E-state index in [9.17, 15) is 13.2 Å². The van der Waals surface area contributed by atoms with E-state index < -0.39 is 10.0 Å². The lowest BCUT2D eigenvalue weighted by molar-refractivity contribution is -0.118. The Labute approximate surface area is 119 Å². The second-order valence-electron chi connectivity index (χ2n) is 4.49. The summed E-state index contributed by atoms with van der Waals surface area (Å²) >= 11 is 0. The second kappa shape index (κ2) is 6.71. The molecule has 0 saturated carbocycles. The van der Waals surface area contributed by atoms with Crippen molar-refractivity contribution >= 4 is 15.9 Å². The molecule has 0 aromatic heterocycles. The summed E-state index contributed by atoms with van der Waals surface area (Å²) in [5.41, 5.74) is 1.60. The zero-order chi connectivity index (χ0) is 15.3. The molecule has 6 nitrogen and oxygen atoms in total. The zero-order valence-corrected chi connectivity index (χ0v) is 12.9. The monoisotopic (exact) mass is 300 g/mol. The minimum atomic E-state index is -3.67. The highest BCUT2D eigenvalue weighted by Gasteiger charge is 2.21. The fourth-order valence-electron chi connectivity index (χ4n) is 1.88. The highest BCUT2D eigenvalue weighted by atomic mass is 32.2. The van der Waals surface area contributed by atoms with E-state index in [4.69, 9.17) is 4.74 Å². The summed E-state index contributed by atoms with van der Waals surface area (Å²) in [6.07, 6.45) is 0. The lowest BCUT2D eigenvalue weighted by Gasteiger charge is -2.14. The van der Waals surface area contributed by atoms with Gasteiger partial charge in [0.15, 0.2) is 0 Å². The van der Waals surface area contributed by atoms with Crippen molar-refractivity contribution in [2.24, 2.45) is 0 Å². The molecule has 0 bridgehead atoms. The largest absolute Gasteiger partial charge is 0.495 e. The van der Waals surface area contributed by atoms with E-state index in [1.54, 1.807) is 13.0 Å². The third kappa shape index (κ3) is 4.21. The van der Waals surface area contributed by atoms with Crippen LogP contribution in [0.3, 0.4) is 0 Å². The number of amides is 1. The van der Waals surface area contributed by atoms with Crippen molar-refractivity contribution in [2.45, 2.75) is 25.7 Å². The summed E-state index contributed by atoms with van der Waals surface area (Å²) < 4.78 is 32.1. The summed E-state index contributed by atoms with van der Waals surface area (Å²) in [4.78, 5) is 10.8. The van der Waals surface area contributed by atoms with Gasteiger partial charge in [0.05, 0.1) is 7.11 Å². The maximum Gasteiger partial charge on any atom is 0.244 e. The molecule has 0 aliphatic carbocycles. The van der Waals surface area contributed by atoms with Gasteiger partial charge in [0.2, 0.25) is 15.9 Å². The van der Waals surface area contributed by atoms with Gasteiger partial charge < -0.3 is 10.1 Å². The van der Waals surface area contributed by atoms with Crippen molar-refractivity contribution in [3.8, 4) is 5.75 Å². The predicted octanol–water partition coefficient (Wildman–Crippen LogP) is 0.726. The molecule has 0 fully saturated rings. The van der Waals surface area contributed by atoms with Gasteiger partial charge in [-0.15, -0.1) is 0 Å². The SMILES string of the molecule is COc1c(C)cc(C)cc1S(=O)(=O)NCCNC(C)=O. The Balaban J connectivity index is 2.95. The van der Waals surface area contributed by atoms with Crippen molar-refractivity contribution < 1.29 is 17.9 Å². The highest BCUT2D eigenvalue weighted by molar-refractivity contribution is 7.89. The van der Waals surface area contributed by atoms with Gasteiger partial charge in [-0.1, -0.05) is 6.07 Å². The van der Waals surface area contributed by atoms with Crippen molar-refractivity contribution in [3.05, 3.63) is 23.3 Å². The molecule has 0 aliphatic heterocycles. The number of carbonyl (C=O) groups excluding carboxylic acids is 1. The standard InChI is InChI=1S/C13H20N2O4S/c1-9-7-10(2)13(19-4)12(8-9)20(17,18)15-6-5-14-11(3)16/h7-8,15H,5-6H2,1-4H3,(H,14,16). The van der Waals surface area contributed by atoms with Crippen molar-refractivity contribution in [1.29, 1.82) is 0 Å². The van der Waals surface area contributed by atoms with Gasteiger partial charge in [-0.3, -0.25) is 4.79 Å². The number of aryl methyl sites for hydroxylation is 2. The van der Waals surface area contributed by atoms with Crippen LogP contribution in [-0.4, -0.2) is 34.5 Å². The lowest BCUT2D eigenvalue weighted by Crippen LogP contribution is -2.33. The molecule has 0 heterocycles. The molecular weight excluding hydrogens is 280 g/mol. The first-order valence-electron chi connectivity index (χ1n) is 6.17. The van der Waals surface area contributed by atoms with Gasteiger partial charge in [-0.25, -0.2) is 13.1 Å². The van der Waals surface area contributed by atoms with E-state index in [2.05, 4.69) is 10.0 Å². The lowest BCUT2D eigenvalue weighted by atomic mass is 10.1. The molecule has 20 heavy (non-hydrogen) atoms. The molecule has 7 heteroatoms. The average molecular weight is 300 g/mol. The van der Waals surface area contributed by atoms with Crippen LogP contribution in [0, 0.1) is 13.8 Å². The van der Waals surface area contributed by atoms with Gasteiger partial charge in [0.1, 0.15) is 10.6 Å². The zero-order valence-electron chi connectivity index (χ0n) is 12.1. The molecule has 0 aliphatic rings. The topological polar surface area (TPSA) is 84.5 Å². The van der Waals surface area contributed by atoms with Gasteiger partial charge in [0.25, 0.3) is 0 Å². The fraction of sp³-hybridized carbons (Fsp3) is 0.462. The van der Waals surface area contributed by atoms with E-state index in [1.807, 2.05) is 13.0 Å². The maximum absolute atomic E-state index is 12.3. The third-order valence-corrected chi connectivity index (χ3v) is 4.14. The number of methoxy groups -OCH3 is 1. The number of nitrogens with one attached hydrogen (secondary N) is 2. The van der Waals surface area contributed by atoms with Gasteiger partial charge in [-0.05, 0) is 31.0 Å². The average Bonchev–Trinajstić information content (AvgIpc) is 2.33. The molecule has 0 spiro atoms. The molecule has 2 N–H and O–H groups in total. The van der Waals surface area contributed by atoms with E-state index in [-0.39, 0.29) is 23.9 Å². The van der Waals surface area contributed by atoms with Crippen LogP contribution in [0.15, 0.2) is 17.0 Å². The molecule has 1 amide bonds. The van der Waals surface area contributed by atoms with Crippen molar-refractivity contribution in [2.75, 3.05) is 20.2 Å². The summed E-state index contributed by atoms with van der Waals surface area (Å²) in [5, 5.41) is 2.52. The number of benzene rings is 1. The van der Waals surface area contributed by atoms with Crippen molar-refractivity contribution in [1.82, 2.24) is 10.0 Å².